The summed E-state index contributed by atoms with van der Waals surface area (Å²) in [4.78, 5) is 4.02. The molecule has 0 saturated heterocycles. The molecule has 0 N–H and O–H groups in total. The van der Waals surface area contributed by atoms with Crippen molar-refractivity contribution in [2.24, 2.45) is 0 Å². The molecule has 0 bridgehead atoms. The third-order valence-corrected chi connectivity index (χ3v) is 3.03. The Balaban J connectivity index is 4.67. The fourth-order valence-corrected chi connectivity index (χ4v) is 2.12. The largest absolute Gasteiger partial charge is 0.335 e. The van der Waals surface area contributed by atoms with Crippen molar-refractivity contribution in [3.05, 3.63) is 0 Å². The van der Waals surface area contributed by atoms with Crippen molar-refractivity contribution in [1.82, 2.24) is 9.80 Å². The van der Waals surface area contributed by atoms with Crippen molar-refractivity contribution in [2.75, 3.05) is 39.3 Å². The molecule has 103 valence electrons. The highest BCUT2D eigenvalue weighted by molar-refractivity contribution is 4.73. The molecule has 0 fully saturated rings. The minimum atomic E-state index is -1.40. The SMILES string of the molecule is CCCN(CC)CC([O])(OCC)N(CC)CC. The molecule has 1 unspecified atom stereocenters. The molecule has 0 aromatic rings. The number of rotatable bonds is 10. The van der Waals surface area contributed by atoms with Gasteiger partial charge in [-0.25, -0.2) is 4.90 Å². The van der Waals surface area contributed by atoms with Crippen LogP contribution in [0.3, 0.4) is 0 Å². The van der Waals surface area contributed by atoms with E-state index in [0.717, 1.165) is 32.6 Å². The van der Waals surface area contributed by atoms with Crippen LogP contribution < -0.4 is 0 Å². The highest BCUT2D eigenvalue weighted by Gasteiger charge is 2.37. The molecule has 0 aromatic carbocycles. The van der Waals surface area contributed by atoms with Gasteiger partial charge in [0, 0.05) is 19.7 Å². The minimum Gasteiger partial charge on any atom is -0.335 e. The molecule has 1 radical (unpaired) electrons. The van der Waals surface area contributed by atoms with Crippen LogP contribution in [-0.4, -0.2) is 55.0 Å². The fraction of sp³-hybridized carbons (Fsp3) is 1.00. The summed E-state index contributed by atoms with van der Waals surface area (Å²) in [7, 11) is 0. The molecule has 0 heterocycles. The van der Waals surface area contributed by atoms with Gasteiger partial charge in [0.2, 0.25) is 0 Å². The first-order valence-corrected chi connectivity index (χ1v) is 6.89. The average Bonchev–Trinajstić information content (AvgIpc) is 2.30. The van der Waals surface area contributed by atoms with Gasteiger partial charge in [-0.3, -0.25) is 4.90 Å². The first-order chi connectivity index (χ1) is 8.07. The lowest BCUT2D eigenvalue weighted by molar-refractivity contribution is -0.326. The van der Waals surface area contributed by atoms with E-state index >= 15 is 0 Å². The van der Waals surface area contributed by atoms with Crippen LogP contribution in [0.4, 0.5) is 0 Å². The molecule has 0 aliphatic heterocycles. The quantitative estimate of drug-likeness (QED) is 0.553. The van der Waals surface area contributed by atoms with Crippen LogP contribution in [0.2, 0.25) is 0 Å². The summed E-state index contributed by atoms with van der Waals surface area (Å²) in [6, 6.07) is 0. The van der Waals surface area contributed by atoms with Gasteiger partial charge in [0.15, 0.2) is 0 Å². The summed E-state index contributed by atoms with van der Waals surface area (Å²) >= 11 is 0. The topological polar surface area (TPSA) is 35.6 Å². The van der Waals surface area contributed by atoms with Gasteiger partial charge in [0.05, 0.1) is 6.54 Å². The molecule has 0 rings (SSSR count). The molecule has 4 heteroatoms. The summed E-state index contributed by atoms with van der Waals surface area (Å²) in [6.45, 7) is 14.3. The van der Waals surface area contributed by atoms with Gasteiger partial charge >= 0.3 is 0 Å². The zero-order chi connectivity index (χ0) is 13.3. The second-order valence-corrected chi connectivity index (χ2v) is 4.19. The van der Waals surface area contributed by atoms with E-state index in [4.69, 9.17) is 4.74 Å². The molecule has 0 aliphatic carbocycles. The Morgan fingerprint density at radius 1 is 1.00 bits per heavy atom. The molecule has 0 aromatic heterocycles. The lowest BCUT2D eigenvalue weighted by Gasteiger charge is -2.39. The highest BCUT2D eigenvalue weighted by Crippen LogP contribution is 2.17. The van der Waals surface area contributed by atoms with Crippen molar-refractivity contribution in [1.29, 1.82) is 0 Å². The first-order valence-electron chi connectivity index (χ1n) is 6.89. The van der Waals surface area contributed by atoms with Crippen molar-refractivity contribution in [3.8, 4) is 0 Å². The van der Waals surface area contributed by atoms with Crippen molar-refractivity contribution >= 4 is 0 Å². The molecule has 0 aliphatic rings. The van der Waals surface area contributed by atoms with Gasteiger partial charge in [0.1, 0.15) is 0 Å². The van der Waals surface area contributed by atoms with Crippen molar-refractivity contribution in [2.45, 2.75) is 47.0 Å². The zero-order valence-corrected chi connectivity index (χ0v) is 12.2. The van der Waals surface area contributed by atoms with Crippen LogP contribution in [0.1, 0.15) is 41.0 Å². The standard InChI is InChI=1S/C13H29N2O2/c1-6-11-14(7-2)12-13(16,17-10-5)15(8-3)9-4/h6-12H2,1-5H3. The first kappa shape index (κ1) is 16.8. The number of hydrogen-bond donors (Lipinski definition) is 0. The van der Waals surface area contributed by atoms with Gasteiger partial charge in [-0.05, 0) is 26.4 Å². The Kier molecular flexibility index (Phi) is 8.78. The Bertz CT molecular complexity index is 186. The average molecular weight is 245 g/mol. The number of likely N-dealkylation sites (N-methyl/N-ethyl adjacent to an activating group) is 2. The van der Waals surface area contributed by atoms with Crippen LogP contribution in [0, 0.1) is 0 Å². The predicted molar refractivity (Wildman–Crippen MR) is 70.4 cm³/mol. The van der Waals surface area contributed by atoms with Crippen LogP contribution in [0.25, 0.3) is 0 Å². The maximum atomic E-state index is 12.8. The lowest BCUT2D eigenvalue weighted by Crippen LogP contribution is -2.56. The van der Waals surface area contributed by atoms with E-state index in [1.165, 1.54) is 0 Å². The van der Waals surface area contributed by atoms with E-state index in [-0.39, 0.29) is 0 Å². The third-order valence-electron chi connectivity index (χ3n) is 3.03. The van der Waals surface area contributed by atoms with Crippen LogP contribution in [-0.2, 0) is 9.84 Å². The smallest absolute Gasteiger partial charge is 0.273 e. The second kappa shape index (κ2) is 8.86. The monoisotopic (exact) mass is 245 g/mol. The second-order valence-electron chi connectivity index (χ2n) is 4.19. The maximum Gasteiger partial charge on any atom is 0.273 e. The molecule has 0 saturated carbocycles. The highest BCUT2D eigenvalue weighted by atomic mass is 16.6. The predicted octanol–water partition coefficient (Wildman–Crippen LogP) is 2.18. The zero-order valence-electron chi connectivity index (χ0n) is 12.2. The third kappa shape index (κ3) is 5.34. The molecular weight excluding hydrogens is 216 g/mol. The summed E-state index contributed by atoms with van der Waals surface area (Å²) in [5, 5.41) is 12.8. The van der Waals surface area contributed by atoms with E-state index in [1.807, 2.05) is 25.7 Å². The summed E-state index contributed by atoms with van der Waals surface area (Å²) in [6.07, 6.45) is 1.06. The van der Waals surface area contributed by atoms with Gasteiger partial charge in [-0.1, -0.05) is 27.7 Å². The van der Waals surface area contributed by atoms with E-state index < -0.39 is 5.91 Å². The van der Waals surface area contributed by atoms with Crippen molar-refractivity contribution < 1.29 is 9.84 Å². The fourth-order valence-electron chi connectivity index (χ4n) is 2.12. The molecule has 4 nitrogen and oxygen atoms in total. The van der Waals surface area contributed by atoms with Gasteiger partial charge in [-0.2, -0.15) is 5.11 Å². The molecule has 17 heavy (non-hydrogen) atoms. The van der Waals surface area contributed by atoms with Gasteiger partial charge in [0.25, 0.3) is 5.91 Å². The Morgan fingerprint density at radius 3 is 1.94 bits per heavy atom. The van der Waals surface area contributed by atoms with Gasteiger partial charge in [-0.15, -0.1) is 0 Å². The van der Waals surface area contributed by atoms with Crippen LogP contribution in [0.15, 0.2) is 0 Å². The molecule has 0 spiro atoms. The van der Waals surface area contributed by atoms with E-state index in [2.05, 4.69) is 18.7 Å². The van der Waals surface area contributed by atoms with Crippen molar-refractivity contribution in [3.63, 3.8) is 0 Å². The minimum absolute atomic E-state index is 0.437. The van der Waals surface area contributed by atoms with E-state index in [1.54, 1.807) is 0 Å². The van der Waals surface area contributed by atoms with E-state index in [0.29, 0.717) is 13.2 Å². The summed E-state index contributed by atoms with van der Waals surface area (Å²) in [5.41, 5.74) is 0. The summed E-state index contributed by atoms with van der Waals surface area (Å²) < 4.78 is 5.48. The van der Waals surface area contributed by atoms with Crippen LogP contribution in [0.5, 0.6) is 0 Å². The number of ether oxygens (including phenoxy) is 1. The molecule has 1 atom stereocenters. The van der Waals surface area contributed by atoms with Gasteiger partial charge < -0.3 is 4.74 Å². The Hall–Kier alpha value is -0.160. The maximum absolute atomic E-state index is 12.8. The normalized spacial score (nSPS) is 15.5. The lowest BCUT2D eigenvalue weighted by atomic mass is 10.3. The molecular formula is C13H29N2O2. The Labute approximate surface area is 107 Å². The van der Waals surface area contributed by atoms with E-state index in [9.17, 15) is 5.11 Å². The summed E-state index contributed by atoms with van der Waals surface area (Å²) in [5.74, 6) is -1.40. The Morgan fingerprint density at radius 2 is 1.59 bits per heavy atom. The number of hydrogen-bond acceptors (Lipinski definition) is 3. The molecule has 0 amide bonds. The van der Waals surface area contributed by atoms with Crippen LogP contribution >= 0.6 is 0 Å². The number of nitrogens with zero attached hydrogens (tertiary/aromatic N) is 2.